The summed E-state index contributed by atoms with van der Waals surface area (Å²) in [5, 5.41) is 3.47. The Labute approximate surface area is 113 Å². The van der Waals surface area contributed by atoms with Crippen LogP contribution in [0, 0.1) is 0 Å². The molecule has 0 amide bonds. The van der Waals surface area contributed by atoms with E-state index in [0.717, 1.165) is 31.4 Å². The van der Waals surface area contributed by atoms with Crippen molar-refractivity contribution in [1.29, 1.82) is 0 Å². The van der Waals surface area contributed by atoms with Gasteiger partial charge in [0.1, 0.15) is 6.26 Å². The van der Waals surface area contributed by atoms with Gasteiger partial charge in [0.25, 0.3) is 6.01 Å². The van der Waals surface area contributed by atoms with Gasteiger partial charge < -0.3 is 19.4 Å². The standard InChI is InChI=1S/C14H21N3O2/c1-2-12-13(3-1)18-7-6-17(12)14-16-11(9-19-14)8-15-10-4-5-10/h9-10,12-13,15H,1-8H2. The highest BCUT2D eigenvalue weighted by atomic mass is 16.5. The maximum atomic E-state index is 5.82. The summed E-state index contributed by atoms with van der Waals surface area (Å²) in [6, 6.07) is 1.96. The van der Waals surface area contributed by atoms with E-state index in [2.05, 4.69) is 15.2 Å². The van der Waals surface area contributed by atoms with Crippen LogP contribution in [0.3, 0.4) is 0 Å². The molecule has 0 spiro atoms. The van der Waals surface area contributed by atoms with Crippen LogP contribution in [0.1, 0.15) is 37.8 Å². The third kappa shape index (κ3) is 2.37. The maximum absolute atomic E-state index is 5.82. The number of oxazole rings is 1. The van der Waals surface area contributed by atoms with E-state index in [1.807, 2.05) is 0 Å². The Bertz CT molecular complexity index is 444. The molecule has 2 unspecified atom stereocenters. The molecule has 1 saturated heterocycles. The molecule has 5 heteroatoms. The first-order chi connectivity index (χ1) is 9.40. The molecule has 2 saturated carbocycles. The Balaban J connectivity index is 1.45. The van der Waals surface area contributed by atoms with Crippen LogP contribution in [-0.2, 0) is 11.3 Å². The Morgan fingerprint density at radius 3 is 3.16 bits per heavy atom. The molecule has 1 N–H and O–H groups in total. The highest BCUT2D eigenvalue weighted by molar-refractivity contribution is 5.31. The molecule has 3 fully saturated rings. The molecule has 1 aromatic rings. The molecule has 1 aromatic heterocycles. The van der Waals surface area contributed by atoms with Gasteiger partial charge in [-0.1, -0.05) is 0 Å². The van der Waals surface area contributed by atoms with E-state index in [0.29, 0.717) is 18.2 Å². The van der Waals surface area contributed by atoms with Crippen molar-refractivity contribution in [3.8, 4) is 0 Å². The number of anilines is 1. The summed E-state index contributed by atoms with van der Waals surface area (Å²) < 4.78 is 11.5. The second-order valence-corrected chi connectivity index (χ2v) is 5.88. The first kappa shape index (κ1) is 11.7. The molecule has 4 rings (SSSR count). The first-order valence-electron chi connectivity index (χ1n) is 7.46. The average molecular weight is 263 g/mol. The number of ether oxygens (including phenoxy) is 1. The normalized spacial score (nSPS) is 30.6. The number of morpholine rings is 1. The molecule has 2 heterocycles. The fourth-order valence-electron chi connectivity index (χ4n) is 3.21. The van der Waals surface area contributed by atoms with Gasteiger partial charge in [0.15, 0.2) is 0 Å². The van der Waals surface area contributed by atoms with Crippen molar-refractivity contribution in [3.05, 3.63) is 12.0 Å². The van der Waals surface area contributed by atoms with E-state index >= 15 is 0 Å². The number of aromatic nitrogens is 1. The van der Waals surface area contributed by atoms with Crippen molar-refractivity contribution in [2.75, 3.05) is 18.1 Å². The predicted octanol–water partition coefficient (Wildman–Crippen LogP) is 1.68. The predicted molar refractivity (Wildman–Crippen MR) is 71.1 cm³/mol. The monoisotopic (exact) mass is 263 g/mol. The van der Waals surface area contributed by atoms with E-state index in [9.17, 15) is 0 Å². The lowest BCUT2D eigenvalue weighted by atomic mass is 10.1. The lowest BCUT2D eigenvalue weighted by molar-refractivity contribution is 0.0236. The van der Waals surface area contributed by atoms with Crippen molar-refractivity contribution < 1.29 is 9.15 Å². The topological polar surface area (TPSA) is 50.5 Å². The molecule has 19 heavy (non-hydrogen) atoms. The minimum Gasteiger partial charge on any atom is -0.432 e. The summed E-state index contributed by atoms with van der Waals surface area (Å²) >= 11 is 0. The van der Waals surface area contributed by atoms with E-state index in [4.69, 9.17) is 9.15 Å². The van der Waals surface area contributed by atoms with E-state index in [1.165, 1.54) is 32.1 Å². The molecule has 1 aliphatic heterocycles. The van der Waals surface area contributed by atoms with E-state index in [1.54, 1.807) is 6.26 Å². The fraction of sp³-hybridized carbons (Fsp3) is 0.786. The van der Waals surface area contributed by atoms with E-state index < -0.39 is 0 Å². The Morgan fingerprint density at radius 1 is 1.32 bits per heavy atom. The molecule has 2 atom stereocenters. The van der Waals surface area contributed by atoms with Gasteiger partial charge in [0.05, 0.1) is 24.4 Å². The third-order valence-corrected chi connectivity index (χ3v) is 4.42. The zero-order chi connectivity index (χ0) is 12.7. The molecule has 0 aromatic carbocycles. The highest BCUT2D eigenvalue weighted by Crippen LogP contribution is 2.32. The quantitative estimate of drug-likeness (QED) is 0.895. The molecule has 3 aliphatic rings. The number of nitrogens with zero attached hydrogens (tertiary/aromatic N) is 2. The van der Waals surface area contributed by atoms with Crippen LogP contribution < -0.4 is 10.2 Å². The van der Waals surface area contributed by atoms with Gasteiger partial charge in [0, 0.05) is 19.1 Å². The molecule has 0 radical (unpaired) electrons. The summed E-state index contributed by atoms with van der Waals surface area (Å²) in [5.74, 6) is 0. The SMILES string of the molecule is c1oc(N2CCOC3CCCC32)nc1CNC1CC1. The minimum absolute atomic E-state index is 0.383. The smallest absolute Gasteiger partial charge is 0.297 e. The average Bonchev–Trinajstić information content (AvgIpc) is 2.96. The second-order valence-electron chi connectivity index (χ2n) is 5.88. The molecular formula is C14H21N3O2. The van der Waals surface area contributed by atoms with Crippen molar-refractivity contribution in [2.24, 2.45) is 0 Å². The van der Waals surface area contributed by atoms with Gasteiger partial charge >= 0.3 is 0 Å². The number of hydrogen-bond donors (Lipinski definition) is 1. The summed E-state index contributed by atoms with van der Waals surface area (Å²) in [4.78, 5) is 6.94. The number of fused-ring (bicyclic) bond motifs is 1. The van der Waals surface area contributed by atoms with Gasteiger partial charge in [0.2, 0.25) is 0 Å². The van der Waals surface area contributed by atoms with Crippen LogP contribution in [0.2, 0.25) is 0 Å². The number of rotatable bonds is 4. The third-order valence-electron chi connectivity index (χ3n) is 4.42. The van der Waals surface area contributed by atoms with Crippen LogP contribution in [0.25, 0.3) is 0 Å². The van der Waals surface area contributed by atoms with Crippen LogP contribution in [0.15, 0.2) is 10.7 Å². The summed E-state index contributed by atoms with van der Waals surface area (Å²) in [6.07, 6.45) is 8.41. The maximum Gasteiger partial charge on any atom is 0.297 e. The highest BCUT2D eigenvalue weighted by Gasteiger charge is 2.38. The van der Waals surface area contributed by atoms with Gasteiger partial charge in [-0.05, 0) is 32.1 Å². The van der Waals surface area contributed by atoms with Crippen LogP contribution in [0.5, 0.6) is 0 Å². The van der Waals surface area contributed by atoms with Gasteiger partial charge in [-0.2, -0.15) is 4.98 Å². The number of hydrogen-bond acceptors (Lipinski definition) is 5. The lowest BCUT2D eigenvalue weighted by Crippen LogP contribution is -2.48. The fourth-order valence-corrected chi connectivity index (χ4v) is 3.21. The van der Waals surface area contributed by atoms with Crippen molar-refractivity contribution in [1.82, 2.24) is 10.3 Å². The lowest BCUT2D eigenvalue weighted by Gasteiger charge is -2.36. The molecule has 2 aliphatic carbocycles. The number of nitrogens with one attached hydrogen (secondary N) is 1. The van der Waals surface area contributed by atoms with Crippen LogP contribution in [-0.4, -0.2) is 36.3 Å². The van der Waals surface area contributed by atoms with Crippen LogP contribution >= 0.6 is 0 Å². The van der Waals surface area contributed by atoms with E-state index in [-0.39, 0.29) is 0 Å². The molecule has 5 nitrogen and oxygen atoms in total. The molecule has 104 valence electrons. The van der Waals surface area contributed by atoms with Gasteiger partial charge in [-0.3, -0.25) is 0 Å². The molecule has 0 bridgehead atoms. The summed E-state index contributed by atoms with van der Waals surface area (Å²) in [5.41, 5.74) is 1.02. The largest absolute Gasteiger partial charge is 0.432 e. The van der Waals surface area contributed by atoms with Crippen LogP contribution in [0.4, 0.5) is 6.01 Å². The zero-order valence-electron chi connectivity index (χ0n) is 11.2. The Morgan fingerprint density at radius 2 is 2.26 bits per heavy atom. The molecular weight excluding hydrogens is 242 g/mol. The summed E-state index contributed by atoms with van der Waals surface area (Å²) in [7, 11) is 0. The first-order valence-corrected chi connectivity index (χ1v) is 7.46. The summed E-state index contributed by atoms with van der Waals surface area (Å²) in [6.45, 7) is 2.52. The minimum atomic E-state index is 0.383. The Kier molecular flexibility index (Phi) is 2.96. The van der Waals surface area contributed by atoms with Gasteiger partial charge in [-0.25, -0.2) is 0 Å². The Hall–Kier alpha value is -1.07. The second kappa shape index (κ2) is 4.80. The zero-order valence-corrected chi connectivity index (χ0v) is 11.2. The van der Waals surface area contributed by atoms with Crippen molar-refractivity contribution >= 4 is 6.01 Å². The van der Waals surface area contributed by atoms with Crippen molar-refractivity contribution in [3.63, 3.8) is 0 Å². The van der Waals surface area contributed by atoms with Crippen molar-refractivity contribution in [2.45, 2.75) is 56.8 Å². The van der Waals surface area contributed by atoms with Gasteiger partial charge in [-0.15, -0.1) is 0 Å².